The summed E-state index contributed by atoms with van der Waals surface area (Å²) in [5, 5.41) is 69.5. The average Bonchev–Trinajstić information content (AvgIpc) is 2.62. The zero-order chi connectivity index (χ0) is 21.1. The Balaban J connectivity index is 2.86. The average molecular weight is 396 g/mol. The maximum atomic E-state index is 12.1. The standard InChI is InChI=1S/C17H32O10/c1-5-7-9(19)12(22)14(24)16(26-7)27-8(6-18)10(20)11(21)13(23)15(25)17(2,3)4/h7-14,16,18-24H,5-6H2,1-4H3/t7-,8-,9+,10-,11+,12+,13-,14-,16?/m1/s1. The number of carbonyl (C=O) groups excluding carboxylic acids is 1. The summed E-state index contributed by atoms with van der Waals surface area (Å²) < 4.78 is 10.6. The van der Waals surface area contributed by atoms with Crippen molar-refractivity contribution in [3.05, 3.63) is 0 Å². The van der Waals surface area contributed by atoms with Crippen molar-refractivity contribution in [2.75, 3.05) is 6.61 Å². The van der Waals surface area contributed by atoms with Crippen molar-refractivity contribution in [2.45, 2.75) is 89.2 Å². The quantitative estimate of drug-likeness (QED) is 0.228. The van der Waals surface area contributed by atoms with Gasteiger partial charge in [0.25, 0.3) is 0 Å². The van der Waals surface area contributed by atoms with Gasteiger partial charge in [-0.05, 0) is 6.42 Å². The van der Waals surface area contributed by atoms with E-state index in [9.17, 15) is 40.5 Å². The van der Waals surface area contributed by atoms with E-state index in [0.717, 1.165) is 0 Å². The van der Waals surface area contributed by atoms with Crippen LogP contribution in [0.4, 0.5) is 0 Å². The minimum atomic E-state index is -1.97. The molecule has 1 unspecified atom stereocenters. The lowest BCUT2D eigenvalue weighted by Crippen LogP contribution is -2.60. The monoisotopic (exact) mass is 396 g/mol. The zero-order valence-corrected chi connectivity index (χ0v) is 16.0. The van der Waals surface area contributed by atoms with E-state index in [0.29, 0.717) is 6.42 Å². The van der Waals surface area contributed by atoms with Crippen molar-refractivity contribution < 1.29 is 50.0 Å². The van der Waals surface area contributed by atoms with E-state index in [2.05, 4.69) is 0 Å². The molecule has 0 amide bonds. The first-order valence-electron chi connectivity index (χ1n) is 8.91. The van der Waals surface area contributed by atoms with Crippen molar-refractivity contribution in [1.29, 1.82) is 0 Å². The maximum absolute atomic E-state index is 12.1. The van der Waals surface area contributed by atoms with Crippen LogP contribution in [-0.4, -0.2) is 103 Å². The molecule has 0 aromatic heterocycles. The minimum Gasteiger partial charge on any atom is -0.394 e. The van der Waals surface area contributed by atoms with Crippen LogP contribution in [0.5, 0.6) is 0 Å². The summed E-state index contributed by atoms with van der Waals surface area (Å²) in [4.78, 5) is 12.1. The van der Waals surface area contributed by atoms with Gasteiger partial charge in [0.1, 0.15) is 42.7 Å². The molecule has 1 saturated heterocycles. The van der Waals surface area contributed by atoms with Gasteiger partial charge in [-0.2, -0.15) is 0 Å². The normalized spacial score (nSPS) is 34.0. The molecular weight excluding hydrogens is 364 g/mol. The topological polar surface area (TPSA) is 177 Å². The predicted molar refractivity (Wildman–Crippen MR) is 91.4 cm³/mol. The lowest BCUT2D eigenvalue weighted by molar-refractivity contribution is -0.319. The smallest absolute Gasteiger partial charge is 0.187 e. The molecule has 0 radical (unpaired) electrons. The molecule has 0 saturated carbocycles. The predicted octanol–water partition coefficient (Wildman–Crippen LogP) is -2.72. The molecule has 1 heterocycles. The van der Waals surface area contributed by atoms with E-state index in [1.54, 1.807) is 6.92 Å². The van der Waals surface area contributed by atoms with Crippen molar-refractivity contribution in [3.8, 4) is 0 Å². The highest BCUT2D eigenvalue weighted by molar-refractivity contribution is 5.88. The van der Waals surface area contributed by atoms with E-state index in [-0.39, 0.29) is 0 Å². The molecule has 1 aliphatic rings. The Kier molecular flexibility index (Phi) is 8.73. The van der Waals surface area contributed by atoms with Gasteiger partial charge >= 0.3 is 0 Å². The number of hydrogen-bond donors (Lipinski definition) is 7. The third-order valence-corrected chi connectivity index (χ3v) is 4.62. The summed E-state index contributed by atoms with van der Waals surface area (Å²) in [7, 11) is 0. The van der Waals surface area contributed by atoms with Gasteiger partial charge in [-0.1, -0.05) is 27.7 Å². The molecule has 1 rings (SSSR count). The van der Waals surface area contributed by atoms with Crippen molar-refractivity contribution in [3.63, 3.8) is 0 Å². The van der Waals surface area contributed by atoms with Crippen molar-refractivity contribution in [1.82, 2.24) is 0 Å². The van der Waals surface area contributed by atoms with Crippen LogP contribution in [0.1, 0.15) is 34.1 Å². The second-order valence-electron chi connectivity index (χ2n) is 7.82. The molecule has 1 aliphatic heterocycles. The molecule has 7 N–H and O–H groups in total. The fourth-order valence-electron chi connectivity index (χ4n) is 2.78. The molecule has 10 heteroatoms. The van der Waals surface area contributed by atoms with Crippen LogP contribution in [0.3, 0.4) is 0 Å². The molecule has 0 aromatic rings. The van der Waals surface area contributed by atoms with Gasteiger partial charge in [0.05, 0.1) is 12.7 Å². The van der Waals surface area contributed by atoms with E-state index in [4.69, 9.17) is 9.47 Å². The number of aliphatic hydroxyl groups is 7. The third kappa shape index (κ3) is 5.66. The van der Waals surface area contributed by atoms with Crippen molar-refractivity contribution >= 4 is 5.78 Å². The fraction of sp³-hybridized carbons (Fsp3) is 0.941. The van der Waals surface area contributed by atoms with Gasteiger partial charge in [-0.25, -0.2) is 0 Å². The van der Waals surface area contributed by atoms with Gasteiger partial charge in [-0.3, -0.25) is 4.79 Å². The summed E-state index contributed by atoms with van der Waals surface area (Å²) >= 11 is 0. The summed E-state index contributed by atoms with van der Waals surface area (Å²) in [5.74, 6) is -0.718. The first kappa shape index (κ1) is 24.3. The van der Waals surface area contributed by atoms with Crippen LogP contribution in [0, 0.1) is 5.41 Å². The number of rotatable bonds is 8. The van der Waals surface area contributed by atoms with Gasteiger partial charge in [0.2, 0.25) is 0 Å². The Morgan fingerprint density at radius 2 is 1.59 bits per heavy atom. The summed E-state index contributed by atoms with van der Waals surface area (Å²) in [5.41, 5.74) is -0.979. The van der Waals surface area contributed by atoms with Gasteiger partial charge in [0.15, 0.2) is 12.1 Å². The van der Waals surface area contributed by atoms with Crippen LogP contribution in [-0.2, 0) is 14.3 Å². The SMILES string of the molecule is CC[C@H]1OC(O[C@H](CO)[C@@H](O)[C@H](O)[C@@H](O)C(=O)C(C)(C)C)[C@H](O)[C@@H](O)[C@H]1O. The van der Waals surface area contributed by atoms with Crippen LogP contribution in [0.15, 0.2) is 0 Å². The Labute approximate surface area is 158 Å². The maximum Gasteiger partial charge on any atom is 0.187 e. The fourth-order valence-corrected chi connectivity index (χ4v) is 2.78. The van der Waals surface area contributed by atoms with Gasteiger partial charge in [-0.15, -0.1) is 0 Å². The Morgan fingerprint density at radius 1 is 1.04 bits per heavy atom. The summed E-state index contributed by atoms with van der Waals surface area (Å²) in [6, 6.07) is 0. The second-order valence-corrected chi connectivity index (χ2v) is 7.82. The third-order valence-electron chi connectivity index (χ3n) is 4.62. The first-order valence-corrected chi connectivity index (χ1v) is 8.91. The minimum absolute atomic E-state index is 0.290. The Morgan fingerprint density at radius 3 is 2.04 bits per heavy atom. The number of Topliss-reactive ketones (excluding diaryl/α,β-unsaturated/α-hetero) is 1. The highest BCUT2D eigenvalue weighted by Gasteiger charge is 2.46. The number of ketones is 1. The molecule has 0 bridgehead atoms. The molecule has 160 valence electrons. The largest absolute Gasteiger partial charge is 0.394 e. The molecule has 27 heavy (non-hydrogen) atoms. The molecule has 0 spiro atoms. The lowest BCUT2D eigenvalue weighted by atomic mass is 9.84. The summed E-state index contributed by atoms with van der Waals surface area (Å²) in [6.07, 6.45) is -14.0. The molecule has 0 aliphatic carbocycles. The molecule has 9 atom stereocenters. The lowest BCUT2D eigenvalue weighted by Gasteiger charge is -2.42. The van der Waals surface area contributed by atoms with Crippen LogP contribution < -0.4 is 0 Å². The van der Waals surface area contributed by atoms with Gasteiger partial charge in [0, 0.05) is 5.41 Å². The number of carbonyl (C=O) groups is 1. The van der Waals surface area contributed by atoms with Gasteiger partial charge < -0.3 is 45.2 Å². The van der Waals surface area contributed by atoms with Crippen LogP contribution in [0.2, 0.25) is 0 Å². The van der Waals surface area contributed by atoms with E-state index < -0.39 is 72.9 Å². The Hall–Kier alpha value is -0.690. The molecular formula is C17H32O10. The van der Waals surface area contributed by atoms with Crippen molar-refractivity contribution in [2.24, 2.45) is 5.41 Å². The first-order chi connectivity index (χ1) is 12.4. The highest BCUT2D eigenvalue weighted by Crippen LogP contribution is 2.26. The molecule has 0 aromatic carbocycles. The Bertz CT molecular complexity index is 477. The van der Waals surface area contributed by atoms with Crippen LogP contribution >= 0.6 is 0 Å². The van der Waals surface area contributed by atoms with E-state index in [1.807, 2.05) is 0 Å². The molecule has 10 nitrogen and oxygen atoms in total. The number of ether oxygens (including phenoxy) is 2. The summed E-state index contributed by atoms with van der Waals surface area (Å²) in [6.45, 7) is 5.42. The van der Waals surface area contributed by atoms with E-state index >= 15 is 0 Å². The van der Waals surface area contributed by atoms with E-state index in [1.165, 1.54) is 20.8 Å². The number of aliphatic hydroxyl groups excluding tert-OH is 7. The molecule has 1 fully saturated rings. The van der Waals surface area contributed by atoms with Crippen LogP contribution in [0.25, 0.3) is 0 Å². The zero-order valence-electron chi connectivity index (χ0n) is 16.0. The highest BCUT2D eigenvalue weighted by atomic mass is 16.7. The number of hydrogen-bond acceptors (Lipinski definition) is 10. The second kappa shape index (κ2) is 9.68.